The normalized spacial score (nSPS) is 11.8. The molecule has 3 nitrogen and oxygen atoms in total. The predicted octanol–water partition coefficient (Wildman–Crippen LogP) is 5.81. The second kappa shape index (κ2) is 4.96. The Morgan fingerprint density at radius 2 is 1.42 bits per heavy atom. The highest BCUT2D eigenvalue weighted by atomic mass is 15.1. The number of benzene rings is 3. The Balaban J connectivity index is 1.85. The average molecular weight is 333 g/mol. The van der Waals surface area contributed by atoms with Crippen LogP contribution in [0.25, 0.3) is 49.4 Å². The van der Waals surface area contributed by atoms with Gasteiger partial charge in [0.1, 0.15) is 5.82 Å². The Bertz CT molecular complexity index is 1420. The molecule has 0 aliphatic rings. The summed E-state index contributed by atoms with van der Waals surface area (Å²) in [6.45, 7) is 0. The predicted molar refractivity (Wildman–Crippen MR) is 108 cm³/mol. The number of fused-ring (bicyclic) bond motifs is 6. The van der Waals surface area contributed by atoms with E-state index in [1.807, 2.05) is 18.3 Å². The van der Waals surface area contributed by atoms with Crippen LogP contribution in [-0.2, 0) is 0 Å². The molecule has 1 N–H and O–H groups in total. The monoisotopic (exact) mass is 333 g/mol. The second-order valence-corrected chi connectivity index (χ2v) is 6.63. The molecule has 0 bridgehead atoms. The maximum absolute atomic E-state index is 4.60. The smallest absolute Gasteiger partial charge is 0.137 e. The van der Waals surface area contributed by atoms with E-state index in [-0.39, 0.29) is 0 Å². The third-order valence-corrected chi connectivity index (χ3v) is 5.18. The Labute approximate surface area is 149 Å². The van der Waals surface area contributed by atoms with Gasteiger partial charge in [0.15, 0.2) is 0 Å². The van der Waals surface area contributed by atoms with Crippen molar-refractivity contribution in [2.24, 2.45) is 0 Å². The van der Waals surface area contributed by atoms with Gasteiger partial charge in [0, 0.05) is 38.8 Å². The molecule has 122 valence electrons. The minimum atomic E-state index is 0.939. The van der Waals surface area contributed by atoms with Crippen LogP contribution >= 0.6 is 0 Å². The van der Waals surface area contributed by atoms with Gasteiger partial charge in [0.2, 0.25) is 0 Å². The minimum Gasteiger partial charge on any atom is -0.354 e. The number of hydrogen-bond acceptors (Lipinski definition) is 1. The van der Waals surface area contributed by atoms with Crippen molar-refractivity contribution >= 4 is 43.6 Å². The van der Waals surface area contributed by atoms with Crippen LogP contribution in [0.5, 0.6) is 0 Å². The lowest BCUT2D eigenvalue weighted by molar-refractivity contribution is 1.08. The molecule has 3 aromatic carbocycles. The molecule has 0 amide bonds. The molecule has 0 unspecified atom stereocenters. The van der Waals surface area contributed by atoms with Crippen LogP contribution in [0.4, 0.5) is 0 Å². The van der Waals surface area contributed by atoms with Crippen LogP contribution in [-0.4, -0.2) is 14.5 Å². The van der Waals surface area contributed by atoms with Gasteiger partial charge in [-0.05, 0) is 36.4 Å². The molecule has 3 heterocycles. The summed E-state index contributed by atoms with van der Waals surface area (Å²) < 4.78 is 2.25. The molecule has 3 aromatic heterocycles. The molecule has 6 aromatic rings. The molecule has 0 saturated heterocycles. The third-order valence-electron chi connectivity index (χ3n) is 5.18. The third kappa shape index (κ3) is 1.74. The van der Waals surface area contributed by atoms with Crippen LogP contribution in [0.3, 0.4) is 0 Å². The first kappa shape index (κ1) is 13.7. The molecular weight excluding hydrogens is 318 g/mol. The first-order chi connectivity index (χ1) is 12.9. The lowest BCUT2D eigenvalue weighted by Gasteiger charge is -2.06. The molecule has 0 atom stereocenters. The van der Waals surface area contributed by atoms with Gasteiger partial charge in [-0.3, -0.25) is 4.57 Å². The second-order valence-electron chi connectivity index (χ2n) is 6.63. The minimum absolute atomic E-state index is 0.939. The van der Waals surface area contributed by atoms with Gasteiger partial charge in [-0.2, -0.15) is 0 Å². The molecule has 0 fully saturated rings. The largest absolute Gasteiger partial charge is 0.354 e. The fraction of sp³-hybridized carbons (Fsp3) is 0. The standard InChI is InChI=1S/C23H15N3/c1-3-9-19-15(7-1)17-13-18-16-8-2-4-10-21(16)26(22(18)14-20(17)25-19)23-11-5-6-12-24-23/h1-14,25H. The van der Waals surface area contributed by atoms with Gasteiger partial charge < -0.3 is 4.98 Å². The molecule has 3 heteroatoms. The summed E-state index contributed by atoms with van der Waals surface area (Å²) in [5, 5.41) is 5.03. The highest BCUT2D eigenvalue weighted by molar-refractivity contribution is 6.18. The summed E-state index contributed by atoms with van der Waals surface area (Å²) in [7, 11) is 0. The van der Waals surface area contributed by atoms with E-state index in [1.165, 1.54) is 38.1 Å². The van der Waals surface area contributed by atoms with Crippen LogP contribution in [0.15, 0.2) is 85.1 Å². The summed E-state index contributed by atoms with van der Waals surface area (Å²) in [5.41, 5.74) is 4.67. The molecular formula is C23H15N3. The van der Waals surface area contributed by atoms with Crippen molar-refractivity contribution in [3.05, 3.63) is 85.1 Å². The number of nitrogens with zero attached hydrogens (tertiary/aromatic N) is 2. The Morgan fingerprint density at radius 3 is 2.31 bits per heavy atom. The quantitative estimate of drug-likeness (QED) is 0.404. The Morgan fingerprint density at radius 1 is 0.615 bits per heavy atom. The van der Waals surface area contributed by atoms with Gasteiger partial charge in [0.05, 0.1) is 11.0 Å². The van der Waals surface area contributed by atoms with E-state index in [2.05, 4.69) is 81.3 Å². The molecule has 6 rings (SSSR count). The number of nitrogens with one attached hydrogen (secondary N) is 1. The van der Waals surface area contributed by atoms with Crippen LogP contribution in [0, 0.1) is 0 Å². The number of aromatic amines is 1. The fourth-order valence-electron chi connectivity index (χ4n) is 4.05. The number of pyridine rings is 1. The van der Waals surface area contributed by atoms with E-state index in [0.717, 1.165) is 11.3 Å². The lowest BCUT2D eigenvalue weighted by atomic mass is 10.1. The van der Waals surface area contributed by atoms with Crippen molar-refractivity contribution in [1.82, 2.24) is 14.5 Å². The fourth-order valence-corrected chi connectivity index (χ4v) is 4.05. The van der Waals surface area contributed by atoms with Gasteiger partial charge in [0.25, 0.3) is 0 Å². The highest BCUT2D eigenvalue weighted by Crippen LogP contribution is 2.36. The first-order valence-electron chi connectivity index (χ1n) is 8.75. The van der Waals surface area contributed by atoms with Crippen LogP contribution in [0.1, 0.15) is 0 Å². The van der Waals surface area contributed by atoms with Crippen molar-refractivity contribution in [1.29, 1.82) is 0 Å². The summed E-state index contributed by atoms with van der Waals surface area (Å²) in [4.78, 5) is 8.16. The maximum atomic E-state index is 4.60. The highest BCUT2D eigenvalue weighted by Gasteiger charge is 2.15. The van der Waals surface area contributed by atoms with Crippen molar-refractivity contribution in [3.8, 4) is 5.82 Å². The number of para-hydroxylation sites is 2. The Hall–Kier alpha value is -3.59. The zero-order valence-corrected chi connectivity index (χ0v) is 14.0. The summed E-state index contributed by atoms with van der Waals surface area (Å²) in [6.07, 6.45) is 1.84. The topological polar surface area (TPSA) is 33.6 Å². The number of rotatable bonds is 1. The average Bonchev–Trinajstić information content (AvgIpc) is 3.22. The molecule has 26 heavy (non-hydrogen) atoms. The van der Waals surface area contributed by atoms with E-state index in [0.29, 0.717) is 0 Å². The molecule has 0 aliphatic carbocycles. The van der Waals surface area contributed by atoms with Crippen molar-refractivity contribution in [2.75, 3.05) is 0 Å². The first-order valence-corrected chi connectivity index (χ1v) is 8.75. The van der Waals surface area contributed by atoms with Crippen LogP contribution < -0.4 is 0 Å². The summed E-state index contributed by atoms with van der Waals surface area (Å²) >= 11 is 0. The number of aromatic nitrogens is 3. The van der Waals surface area contributed by atoms with Crippen molar-refractivity contribution in [3.63, 3.8) is 0 Å². The number of hydrogen-bond donors (Lipinski definition) is 1. The zero-order chi connectivity index (χ0) is 17.1. The van der Waals surface area contributed by atoms with Gasteiger partial charge >= 0.3 is 0 Å². The maximum Gasteiger partial charge on any atom is 0.137 e. The van der Waals surface area contributed by atoms with E-state index in [4.69, 9.17) is 0 Å². The van der Waals surface area contributed by atoms with E-state index >= 15 is 0 Å². The zero-order valence-electron chi connectivity index (χ0n) is 14.0. The summed E-state index contributed by atoms with van der Waals surface area (Å²) in [6, 6.07) is 27.6. The molecule has 0 radical (unpaired) electrons. The van der Waals surface area contributed by atoms with Gasteiger partial charge in [-0.15, -0.1) is 0 Å². The van der Waals surface area contributed by atoms with E-state index < -0.39 is 0 Å². The SMILES string of the molecule is c1ccc(-n2c3ccccc3c3cc4c(cc32)[nH]c2ccccc24)nc1. The lowest BCUT2D eigenvalue weighted by Crippen LogP contribution is -1.96. The van der Waals surface area contributed by atoms with Crippen molar-refractivity contribution in [2.45, 2.75) is 0 Å². The Kier molecular flexibility index (Phi) is 2.61. The van der Waals surface area contributed by atoms with E-state index in [9.17, 15) is 0 Å². The molecule has 0 spiro atoms. The van der Waals surface area contributed by atoms with Gasteiger partial charge in [-0.25, -0.2) is 4.98 Å². The molecule has 0 aliphatic heterocycles. The van der Waals surface area contributed by atoms with Gasteiger partial charge in [-0.1, -0.05) is 42.5 Å². The summed E-state index contributed by atoms with van der Waals surface area (Å²) in [5.74, 6) is 0.939. The molecule has 0 saturated carbocycles. The van der Waals surface area contributed by atoms with Crippen LogP contribution in [0.2, 0.25) is 0 Å². The number of H-pyrrole nitrogens is 1. The van der Waals surface area contributed by atoms with Crippen molar-refractivity contribution < 1.29 is 0 Å². The van der Waals surface area contributed by atoms with E-state index in [1.54, 1.807) is 0 Å².